The van der Waals surface area contributed by atoms with Crippen molar-refractivity contribution in [3.8, 4) is 0 Å². The van der Waals surface area contributed by atoms with Crippen molar-refractivity contribution in [3.63, 3.8) is 0 Å². The van der Waals surface area contributed by atoms with Crippen molar-refractivity contribution in [3.05, 3.63) is 35.6 Å². The lowest BCUT2D eigenvalue weighted by molar-refractivity contribution is 0.234. The predicted molar refractivity (Wildman–Crippen MR) is 77.8 cm³/mol. The van der Waals surface area contributed by atoms with Crippen LogP contribution in [0.4, 0.5) is 4.39 Å². The standard InChI is InChI=1S/C15H21FN2.ClH/c1-10(12-4-2-3-5-14(12)16)18-8-11-6-7-15(17)13(11)9-18;/h2-5,10-11,13,15H,6-9,17H2,1H3;1H. The topological polar surface area (TPSA) is 29.3 Å². The fourth-order valence-electron chi connectivity index (χ4n) is 3.67. The van der Waals surface area contributed by atoms with E-state index in [1.807, 2.05) is 12.1 Å². The highest BCUT2D eigenvalue weighted by Crippen LogP contribution is 2.40. The molecule has 1 saturated heterocycles. The molecule has 2 nitrogen and oxygen atoms in total. The van der Waals surface area contributed by atoms with Gasteiger partial charge in [0.15, 0.2) is 0 Å². The number of nitrogens with two attached hydrogens (primary N) is 1. The molecule has 1 aliphatic heterocycles. The van der Waals surface area contributed by atoms with Gasteiger partial charge in [-0.1, -0.05) is 18.2 Å². The Balaban J connectivity index is 0.00000133. The highest BCUT2D eigenvalue weighted by molar-refractivity contribution is 5.85. The maximum absolute atomic E-state index is 13.8. The molecule has 0 spiro atoms. The average molecular weight is 285 g/mol. The minimum atomic E-state index is -0.0913. The monoisotopic (exact) mass is 284 g/mol. The van der Waals surface area contributed by atoms with Crippen LogP contribution in [0.15, 0.2) is 24.3 Å². The number of rotatable bonds is 2. The van der Waals surface area contributed by atoms with Crippen LogP contribution in [0.25, 0.3) is 0 Å². The summed E-state index contributed by atoms with van der Waals surface area (Å²) in [4.78, 5) is 2.40. The summed E-state index contributed by atoms with van der Waals surface area (Å²) in [6.45, 7) is 4.21. The molecular weight excluding hydrogens is 263 g/mol. The van der Waals surface area contributed by atoms with Crippen molar-refractivity contribution in [2.75, 3.05) is 13.1 Å². The van der Waals surface area contributed by atoms with Crippen LogP contribution < -0.4 is 5.73 Å². The summed E-state index contributed by atoms with van der Waals surface area (Å²) < 4.78 is 13.8. The van der Waals surface area contributed by atoms with E-state index in [-0.39, 0.29) is 24.3 Å². The zero-order valence-corrected chi connectivity index (χ0v) is 12.1. The first-order chi connectivity index (χ1) is 8.66. The van der Waals surface area contributed by atoms with Gasteiger partial charge in [0.1, 0.15) is 5.82 Å². The third-order valence-corrected chi connectivity index (χ3v) is 4.84. The molecule has 1 saturated carbocycles. The first-order valence-electron chi connectivity index (χ1n) is 6.91. The van der Waals surface area contributed by atoms with Crippen LogP contribution in [0.1, 0.15) is 31.4 Å². The van der Waals surface area contributed by atoms with Crippen molar-refractivity contribution >= 4 is 12.4 Å². The van der Waals surface area contributed by atoms with Crippen LogP contribution in [0.3, 0.4) is 0 Å². The SMILES string of the molecule is CC(c1ccccc1F)N1CC2CCC(N)C2C1.Cl. The second-order valence-corrected chi connectivity index (χ2v) is 5.82. The highest BCUT2D eigenvalue weighted by Gasteiger charge is 2.42. The van der Waals surface area contributed by atoms with Crippen LogP contribution in [-0.2, 0) is 0 Å². The number of nitrogens with zero attached hydrogens (tertiary/aromatic N) is 1. The lowest BCUT2D eigenvalue weighted by Crippen LogP contribution is -2.31. The van der Waals surface area contributed by atoms with E-state index in [2.05, 4.69) is 11.8 Å². The van der Waals surface area contributed by atoms with Crippen LogP contribution in [0.5, 0.6) is 0 Å². The van der Waals surface area contributed by atoms with Gasteiger partial charge in [-0.3, -0.25) is 4.90 Å². The average Bonchev–Trinajstić information content (AvgIpc) is 2.92. The van der Waals surface area contributed by atoms with Crippen molar-refractivity contribution < 1.29 is 4.39 Å². The molecule has 106 valence electrons. The van der Waals surface area contributed by atoms with Crippen molar-refractivity contribution in [2.24, 2.45) is 17.6 Å². The summed E-state index contributed by atoms with van der Waals surface area (Å²) in [5, 5.41) is 0. The molecule has 1 heterocycles. The summed E-state index contributed by atoms with van der Waals surface area (Å²) in [5.41, 5.74) is 6.96. The second-order valence-electron chi connectivity index (χ2n) is 5.82. The fourth-order valence-corrected chi connectivity index (χ4v) is 3.67. The molecule has 0 radical (unpaired) electrons. The summed E-state index contributed by atoms with van der Waals surface area (Å²) in [6, 6.07) is 7.62. The van der Waals surface area contributed by atoms with Crippen LogP contribution in [0, 0.1) is 17.7 Å². The van der Waals surface area contributed by atoms with Crippen LogP contribution >= 0.6 is 12.4 Å². The Kier molecular flexibility index (Phi) is 4.49. The molecule has 4 atom stereocenters. The molecule has 3 rings (SSSR count). The number of benzene rings is 1. The first kappa shape index (κ1) is 14.8. The third-order valence-electron chi connectivity index (χ3n) is 4.84. The Labute approximate surface area is 120 Å². The molecule has 1 aromatic rings. The number of likely N-dealkylation sites (tertiary alicyclic amines) is 1. The molecule has 0 aromatic heterocycles. The van der Waals surface area contributed by atoms with Gasteiger partial charge in [0, 0.05) is 30.7 Å². The normalized spacial score (nSPS) is 31.8. The van der Waals surface area contributed by atoms with E-state index < -0.39 is 0 Å². The Morgan fingerprint density at radius 2 is 2.00 bits per heavy atom. The van der Waals surface area contributed by atoms with Gasteiger partial charge in [-0.2, -0.15) is 0 Å². The Morgan fingerprint density at radius 1 is 1.26 bits per heavy atom. The van der Waals surface area contributed by atoms with Gasteiger partial charge >= 0.3 is 0 Å². The molecule has 0 amide bonds. The molecule has 2 N–H and O–H groups in total. The number of halogens is 2. The van der Waals surface area contributed by atoms with Crippen molar-refractivity contribution in [2.45, 2.75) is 31.8 Å². The number of fused-ring (bicyclic) bond motifs is 1. The molecule has 4 unspecified atom stereocenters. The second kappa shape index (κ2) is 5.78. The minimum Gasteiger partial charge on any atom is -0.327 e. The minimum absolute atomic E-state index is 0. The summed E-state index contributed by atoms with van der Waals surface area (Å²) in [7, 11) is 0. The van der Waals surface area contributed by atoms with Gasteiger partial charge in [0.25, 0.3) is 0 Å². The molecule has 2 fully saturated rings. The van der Waals surface area contributed by atoms with Gasteiger partial charge in [-0.05, 0) is 37.7 Å². The maximum Gasteiger partial charge on any atom is 0.127 e. The smallest absolute Gasteiger partial charge is 0.127 e. The molecular formula is C15H22ClFN2. The van der Waals surface area contributed by atoms with Gasteiger partial charge in [-0.15, -0.1) is 12.4 Å². The van der Waals surface area contributed by atoms with Gasteiger partial charge in [0.2, 0.25) is 0 Å². The highest BCUT2D eigenvalue weighted by atomic mass is 35.5. The van der Waals surface area contributed by atoms with Crippen LogP contribution in [-0.4, -0.2) is 24.0 Å². The van der Waals surface area contributed by atoms with E-state index in [1.54, 1.807) is 12.1 Å². The quantitative estimate of drug-likeness (QED) is 0.905. The maximum atomic E-state index is 13.8. The van der Waals surface area contributed by atoms with E-state index in [9.17, 15) is 4.39 Å². The third kappa shape index (κ3) is 2.64. The zero-order chi connectivity index (χ0) is 12.7. The van der Waals surface area contributed by atoms with Crippen molar-refractivity contribution in [1.29, 1.82) is 0 Å². The Morgan fingerprint density at radius 3 is 2.68 bits per heavy atom. The molecule has 4 heteroatoms. The Hall–Kier alpha value is -0.640. The zero-order valence-electron chi connectivity index (χ0n) is 11.3. The lowest BCUT2D eigenvalue weighted by Gasteiger charge is -2.26. The van der Waals surface area contributed by atoms with E-state index in [0.29, 0.717) is 12.0 Å². The Bertz CT molecular complexity index is 440. The van der Waals surface area contributed by atoms with Gasteiger partial charge in [0.05, 0.1) is 0 Å². The van der Waals surface area contributed by atoms with E-state index in [0.717, 1.165) is 31.0 Å². The van der Waals surface area contributed by atoms with E-state index >= 15 is 0 Å². The van der Waals surface area contributed by atoms with E-state index in [4.69, 9.17) is 5.73 Å². The lowest BCUT2D eigenvalue weighted by atomic mass is 9.98. The summed E-state index contributed by atoms with van der Waals surface area (Å²) >= 11 is 0. The van der Waals surface area contributed by atoms with Crippen molar-refractivity contribution in [1.82, 2.24) is 4.90 Å². The predicted octanol–water partition coefficient (Wildman–Crippen LogP) is 2.98. The van der Waals surface area contributed by atoms with Crippen LogP contribution in [0.2, 0.25) is 0 Å². The number of hydrogen-bond donors (Lipinski definition) is 1. The van der Waals surface area contributed by atoms with Gasteiger partial charge < -0.3 is 5.73 Å². The molecule has 1 aliphatic carbocycles. The summed E-state index contributed by atoms with van der Waals surface area (Å²) in [5.74, 6) is 1.26. The first-order valence-corrected chi connectivity index (χ1v) is 6.91. The largest absolute Gasteiger partial charge is 0.327 e. The fraction of sp³-hybridized carbons (Fsp3) is 0.600. The molecule has 19 heavy (non-hydrogen) atoms. The number of hydrogen-bond acceptors (Lipinski definition) is 2. The summed E-state index contributed by atoms with van der Waals surface area (Å²) in [6.07, 6.45) is 2.41. The molecule has 1 aromatic carbocycles. The molecule has 0 bridgehead atoms. The molecule has 2 aliphatic rings. The van der Waals surface area contributed by atoms with E-state index in [1.165, 1.54) is 6.42 Å². The van der Waals surface area contributed by atoms with Gasteiger partial charge in [-0.25, -0.2) is 4.39 Å².